The monoisotopic (exact) mass is 292 g/mol. The normalized spacial score (nSPS) is 20.2. The van der Waals surface area contributed by atoms with Gasteiger partial charge in [-0.1, -0.05) is 13.8 Å². The summed E-state index contributed by atoms with van der Waals surface area (Å²) in [7, 11) is -3.46. The first kappa shape index (κ1) is 15.0. The summed E-state index contributed by atoms with van der Waals surface area (Å²) in [5.74, 6) is 0.311. The Morgan fingerprint density at radius 1 is 1.40 bits per heavy atom. The lowest BCUT2D eigenvalue weighted by molar-refractivity contribution is 0.315. The number of nitrogens with zero attached hydrogens (tertiary/aromatic N) is 2. The van der Waals surface area contributed by atoms with Gasteiger partial charge in [0.1, 0.15) is 0 Å². The summed E-state index contributed by atoms with van der Waals surface area (Å²) in [6.45, 7) is 6.45. The first-order chi connectivity index (χ1) is 9.37. The second kappa shape index (κ2) is 5.55. The molecule has 1 unspecified atom stereocenters. The van der Waals surface area contributed by atoms with Crippen molar-refractivity contribution in [2.45, 2.75) is 44.6 Å². The highest BCUT2D eigenvalue weighted by Gasteiger charge is 2.37. The molecule has 1 aromatic carbocycles. The number of nitriles is 1. The number of sulfonamides is 1. The SMILES string of the molecule is Cc1cc(C#N)ccc1S(=O)(=O)N1CCCC1C(C)C. The van der Waals surface area contributed by atoms with Crippen molar-refractivity contribution >= 4 is 10.0 Å². The van der Waals surface area contributed by atoms with Crippen LogP contribution in [0.2, 0.25) is 0 Å². The molecule has 1 heterocycles. The molecule has 1 aliphatic rings. The van der Waals surface area contributed by atoms with E-state index in [-0.39, 0.29) is 6.04 Å². The summed E-state index contributed by atoms with van der Waals surface area (Å²) in [5.41, 5.74) is 1.13. The molecule has 0 N–H and O–H groups in total. The van der Waals surface area contributed by atoms with Crippen LogP contribution in [0.5, 0.6) is 0 Å². The Labute approximate surface area is 121 Å². The number of benzene rings is 1. The number of aryl methyl sites for hydroxylation is 1. The Morgan fingerprint density at radius 2 is 2.10 bits per heavy atom. The molecule has 108 valence electrons. The zero-order chi connectivity index (χ0) is 14.9. The predicted molar refractivity (Wildman–Crippen MR) is 77.6 cm³/mol. The van der Waals surface area contributed by atoms with Crippen LogP contribution in [0.1, 0.15) is 37.8 Å². The van der Waals surface area contributed by atoms with Crippen LogP contribution in [-0.4, -0.2) is 25.3 Å². The van der Waals surface area contributed by atoms with Crippen molar-refractivity contribution in [1.29, 1.82) is 5.26 Å². The fourth-order valence-electron chi connectivity index (χ4n) is 2.87. The van der Waals surface area contributed by atoms with Gasteiger partial charge in [-0.05, 0) is 49.4 Å². The van der Waals surface area contributed by atoms with Crippen molar-refractivity contribution in [2.24, 2.45) is 5.92 Å². The lowest BCUT2D eigenvalue weighted by Gasteiger charge is -2.27. The zero-order valence-electron chi connectivity index (χ0n) is 12.1. The molecule has 1 aliphatic heterocycles. The Kier molecular flexibility index (Phi) is 4.17. The first-order valence-electron chi connectivity index (χ1n) is 6.90. The molecular weight excluding hydrogens is 272 g/mol. The van der Waals surface area contributed by atoms with Crippen LogP contribution in [0.15, 0.2) is 23.1 Å². The fraction of sp³-hybridized carbons (Fsp3) is 0.533. The number of rotatable bonds is 3. The molecule has 0 amide bonds. The topological polar surface area (TPSA) is 61.2 Å². The van der Waals surface area contributed by atoms with Crippen LogP contribution in [0, 0.1) is 24.2 Å². The predicted octanol–water partition coefficient (Wildman–Crippen LogP) is 2.68. The third-order valence-corrected chi connectivity index (χ3v) is 5.99. The summed E-state index contributed by atoms with van der Waals surface area (Å²) < 4.78 is 27.3. The van der Waals surface area contributed by atoms with Gasteiger partial charge in [0.15, 0.2) is 0 Å². The maximum absolute atomic E-state index is 12.8. The minimum atomic E-state index is -3.46. The van der Waals surface area contributed by atoms with E-state index in [1.165, 1.54) is 0 Å². The molecule has 1 aromatic rings. The van der Waals surface area contributed by atoms with E-state index in [0.717, 1.165) is 12.8 Å². The van der Waals surface area contributed by atoms with Crippen LogP contribution < -0.4 is 0 Å². The largest absolute Gasteiger partial charge is 0.243 e. The number of hydrogen-bond donors (Lipinski definition) is 0. The van der Waals surface area contributed by atoms with Crippen molar-refractivity contribution in [3.05, 3.63) is 29.3 Å². The van der Waals surface area contributed by atoms with Gasteiger partial charge in [0.2, 0.25) is 10.0 Å². The highest BCUT2D eigenvalue weighted by Crippen LogP contribution is 2.31. The molecular formula is C15H20N2O2S. The molecule has 0 saturated carbocycles. The molecule has 0 aromatic heterocycles. The molecule has 2 rings (SSSR count). The van der Waals surface area contributed by atoms with E-state index in [2.05, 4.69) is 13.8 Å². The van der Waals surface area contributed by atoms with Crippen molar-refractivity contribution in [3.8, 4) is 6.07 Å². The van der Waals surface area contributed by atoms with E-state index in [0.29, 0.717) is 28.5 Å². The van der Waals surface area contributed by atoms with Gasteiger partial charge in [0.25, 0.3) is 0 Å². The van der Waals surface area contributed by atoms with Gasteiger partial charge in [-0.2, -0.15) is 9.57 Å². The maximum atomic E-state index is 12.8. The lowest BCUT2D eigenvalue weighted by atomic mass is 10.0. The van der Waals surface area contributed by atoms with E-state index in [1.54, 1.807) is 29.4 Å². The van der Waals surface area contributed by atoms with Crippen LogP contribution in [0.3, 0.4) is 0 Å². The first-order valence-corrected chi connectivity index (χ1v) is 8.34. The van der Waals surface area contributed by atoms with Crippen molar-refractivity contribution in [2.75, 3.05) is 6.54 Å². The van der Waals surface area contributed by atoms with Gasteiger partial charge in [-0.25, -0.2) is 8.42 Å². The second-order valence-electron chi connectivity index (χ2n) is 5.66. The minimum absolute atomic E-state index is 0.0787. The van der Waals surface area contributed by atoms with Crippen LogP contribution in [0.25, 0.3) is 0 Å². The highest BCUT2D eigenvalue weighted by atomic mass is 32.2. The Morgan fingerprint density at radius 3 is 2.65 bits per heavy atom. The van der Waals surface area contributed by atoms with E-state index in [9.17, 15) is 8.42 Å². The summed E-state index contributed by atoms with van der Waals surface area (Å²) in [6, 6.07) is 6.87. The summed E-state index contributed by atoms with van der Waals surface area (Å²) in [6.07, 6.45) is 1.84. The molecule has 0 spiro atoms. The van der Waals surface area contributed by atoms with Gasteiger partial charge in [-0.15, -0.1) is 0 Å². The molecule has 0 radical (unpaired) electrons. The second-order valence-corrected chi connectivity index (χ2v) is 7.52. The Hall–Kier alpha value is -1.38. The molecule has 4 nitrogen and oxygen atoms in total. The molecule has 0 bridgehead atoms. The Balaban J connectivity index is 2.43. The van der Waals surface area contributed by atoms with E-state index in [4.69, 9.17) is 5.26 Å². The third kappa shape index (κ3) is 2.58. The molecule has 20 heavy (non-hydrogen) atoms. The smallest absolute Gasteiger partial charge is 0.207 e. The average molecular weight is 292 g/mol. The van der Waals surface area contributed by atoms with Crippen LogP contribution in [-0.2, 0) is 10.0 Å². The summed E-state index contributed by atoms with van der Waals surface area (Å²) in [4.78, 5) is 0.323. The molecule has 0 aliphatic carbocycles. The Bertz CT molecular complexity index is 644. The van der Waals surface area contributed by atoms with Gasteiger partial charge in [0, 0.05) is 12.6 Å². The van der Waals surface area contributed by atoms with Crippen molar-refractivity contribution < 1.29 is 8.42 Å². The summed E-state index contributed by atoms with van der Waals surface area (Å²) >= 11 is 0. The molecule has 1 fully saturated rings. The van der Waals surface area contributed by atoms with E-state index in [1.807, 2.05) is 6.07 Å². The van der Waals surface area contributed by atoms with Gasteiger partial charge < -0.3 is 0 Å². The van der Waals surface area contributed by atoms with Crippen molar-refractivity contribution in [3.63, 3.8) is 0 Å². The minimum Gasteiger partial charge on any atom is -0.207 e. The third-order valence-electron chi connectivity index (χ3n) is 3.91. The fourth-order valence-corrected chi connectivity index (χ4v) is 4.90. The summed E-state index contributed by atoms with van der Waals surface area (Å²) in [5, 5.41) is 8.87. The average Bonchev–Trinajstić information content (AvgIpc) is 2.88. The van der Waals surface area contributed by atoms with Crippen LogP contribution >= 0.6 is 0 Å². The lowest BCUT2D eigenvalue weighted by Crippen LogP contribution is -2.38. The van der Waals surface area contributed by atoms with E-state index >= 15 is 0 Å². The van der Waals surface area contributed by atoms with Gasteiger partial charge >= 0.3 is 0 Å². The molecule has 1 atom stereocenters. The molecule has 1 saturated heterocycles. The molecule has 5 heteroatoms. The van der Waals surface area contributed by atoms with Crippen molar-refractivity contribution in [1.82, 2.24) is 4.31 Å². The van der Waals surface area contributed by atoms with E-state index < -0.39 is 10.0 Å². The van der Waals surface area contributed by atoms with Gasteiger partial charge in [0.05, 0.1) is 16.5 Å². The van der Waals surface area contributed by atoms with Crippen LogP contribution in [0.4, 0.5) is 0 Å². The zero-order valence-corrected chi connectivity index (χ0v) is 12.9. The standard InChI is InChI=1S/C15H20N2O2S/c1-11(2)14-5-4-8-17(14)20(18,19)15-7-6-13(10-16)9-12(15)3/h6-7,9,11,14H,4-5,8H2,1-3H3. The maximum Gasteiger partial charge on any atom is 0.243 e. The quantitative estimate of drug-likeness (QED) is 0.860. The number of hydrogen-bond acceptors (Lipinski definition) is 3. The highest BCUT2D eigenvalue weighted by molar-refractivity contribution is 7.89. The van der Waals surface area contributed by atoms with Gasteiger partial charge in [-0.3, -0.25) is 0 Å².